The van der Waals surface area contributed by atoms with Gasteiger partial charge in [-0.2, -0.15) is 0 Å². The predicted octanol–water partition coefficient (Wildman–Crippen LogP) is 5.21. The molecule has 2 aromatic carbocycles. The van der Waals surface area contributed by atoms with Gasteiger partial charge in [0.05, 0.1) is 6.04 Å². The topological polar surface area (TPSA) is 40.7 Å². The molecule has 124 valence electrons. The molecule has 4 rings (SSSR count). The summed E-state index contributed by atoms with van der Waals surface area (Å²) >= 11 is 0. The van der Waals surface area contributed by atoms with Crippen LogP contribution in [0.25, 0.3) is 10.9 Å². The number of aromatic nitrogens is 2. The molecule has 4 aromatic rings. The number of nitrogens with one attached hydrogen (secondary N) is 2. The van der Waals surface area contributed by atoms with E-state index in [2.05, 4.69) is 34.3 Å². The summed E-state index contributed by atoms with van der Waals surface area (Å²) in [5.41, 5.74) is 5.37. The van der Waals surface area contributed by atoms with E-state index < -0.39 is 0 Å². The lowest BCUT2D eigenvalue weighted by Crippen LogP contribution is -2.13. The van der Waals surface area contributed by atoms with E-state index in [0.29, 0.717) is 0 Å². The Balaban J connectivity index is 1.85. The molecule has 0 fully saturated rings. The first-order valence-corrected chi connectivity index (χ1v) is 8.21. The molecule has 0 unspecified atom stereocenters. The molecule has 2 aromatic heterocycles. The second-order valence-electron chi connectivity index (χ2n) is 6.07. The van der Waals surface area contributed by atoms with Gasteiger partial charge in [0.2, 0.25) is 0 Å². The first kappa shape index (κ1) is 15.4. The molecule has 0 aliphatic rings. The predicted molar refractivity (Wildman–Crippen MR) is 99.1 cm³/mol. The zero-order valence-electron chi connectivity index (χ0n) is 13.8. The average Bonchev–Trinajstić information content (AvgIpc) is 2.98. The Bertz CT molecular complexity index is 991. The van der Waals surface area contributed by atoms with Crippen molar-refractivity contribution in [2.24, 2.45) is 0 Å². The van der Waals surface area contributed by atoms with Crippen LogP contribution in [0.15, 0.2) is 73.1 Å². The van der Waals surface area contributed by atoms with Gasteiger partial charge < -0.3 is 10.3 Å². The number of aromatic amines is 1. The summed E-state index contributed by atoms with van der Waals surface area (Å²) < 4.78 is 13.3. The maximum atomic E-state index is 13.3. The number of H-pyrrole nitrogens is 1. The van der Waals surface area contributed by atoms with Crippen LogP contribution in [0.5, 0.6) is 0 Å². The van der Waals surface area contributed by atoms with E-state index in [1.807, 2.05) is 24.3 Å². The maximum absolute atomic E-state index is 13.3. The Morgan fingerprint density at radius 3 is 2.44 bits per heavy atom. The number of aryl methyl sites for hydroxylation is 1. The van der Waals surface area contributed by atoms with Gasteiger partial charge in [0, 0.05) is 40.2 Å². The third-order valence-corrected chi connectivity index (χ3v) is 4.43. The molecule has 0 radical (unpaired) electrons. The molecule has 0 aliphatic heterocycles. The molecular weight excluding hydrogens is 313 g/mol. The number of hydrogen-bond acceptors (Lipinski definition) is 2. The number of fused-ring (bicyclic) bond motifs is 1. The molecule has 0 spiro atoms. The second-order valence-corrected chi connectivity index (χ2v) is 6.07. The van der Waals surface area contributed by atoms with Gasteiger partial charge in [-0.25, -0.2) is 4.39 Å². The van der Waals surface area contributed by atoms with Crippen molar-refractivity contribution in [1.29, 1.82) is 0 Å². The van der Waals surface area contributed by atoms with E-state index in [1.165, 1.54) is 23.1 Å². The van der Waals surface area contributed by atoms with Crippen molar-refractivity contribution in [1.82, 2.24) is 9.97 Å². The number of halogens is 1. The van der Waals surface area contributed by atoms with Crippen LogP contribution in [0, 0.1) is 12.7 Å². The van der Waals surface area contributed by atoms with Crippen LogP contribution >= 0.6 is 0 Å². The normalized spacial score (nSPS) is 12.2. The van der Waals surface area contributed by atoms with Gasteiger partial charge in [-0.3, -0.25) is 4.98 Å². The standard InChI is InChI=1S/C21H18FN3/c1-14-20(18-4-2-3-5-19(18)24-14)21(15-10-12-23-13-11-15)25-17-8-6-16(22)7-9-17/h2-13,21,24-25H,1H3/t21-/m0/s1. The Labute approximate surface area is 145 Å². The van der Waals surface area contributed by atoms with Crippen LogP contribution in [0.3, 0.4) is 0 Å². The lowest BCUT2D eigenvalue weighted by Gasteiger charge is -2.21. The monoisotopic (exact) mass is 331 g/mol. The fourth-order valence-corrected chi connectivity index (χ4v) is 3.26. The smallest absolute Gasteiger partial charge is 0.123 e. The van der Waals surface area contributed by atoms with Crippen molar-refractivity contribution in [3.63, 3.8) is 0 Å². The third kappa shape index (κ3) is 2.98. The summed E-state index contributed by atoms with van der Waals surface area (Å²) in [6.07, 6.45) is 3.58. The minimum atomic E-state index is -0.241. The van der Waals surface area contributed by atoms with E-state index in [4.69, 9.17) is 0 Å². The summed E-state index contributed by atoms with van der Waals surface area (Å²) in [5.74, 6) is -0.241. The molecule has 1 atom stereocenters. The molecule has 2 heterocycles. The second kappa shape index (κ2) is 6.40. The number of nitrogens with zero attached hydrogens (tertiary/aromatic N) is 1. The molecule has 0 saturated carbocycles. The van der Waals surface area contributed by atoms with Gasteiger partial charge in [-0.1, -0.05) is 18.2 Å². The highest BCUT2D eigenvalue weighted by atomic mass is 19.1. The Hall–Kier alpha value is -3.14. The minimum Gasteiger partial charge on any atom is -0.374 e. The van der Waals surface area contributed by atoms with Gasteiger partial charge in [0.1, 0.15) is 5.82 Å². The SMILES string of the molecule is Cc1[nH]c2ccccc2c1[C@@H](Nc1ccc(F)cc1)c1ccncc1. The number of hydrogen-bond donors (Lipinski definition) is 2. The first-order valence-electron chi connectivity index (χ1n) is 8.21. The number of rotatable bonds is 4. The maximum Gasteiger partial charge on any atom is 0.123 e. The minimum absolute atomic E-state index is 0.0652. The molecule has 0 saturated heterocycles. The average molecular weight is 331 g/mol. The highest BCUT2D eigenvalue weighted by Crippen LogP contribution is 2.34. The first-order chi connectivity index (χ1) is 12.2. The van der Waals surface area contributed by atoms with E-state index >= 15 is 0 Å². The molecular formula is C21H18FN3. The summed E-state index contributed by atoms with van der Waals surface area (Å²) in [5, 5.41) is 4.72. The highest BCUT2D eigenvalue weighted by molar-refractivity contribution is 5.86. The number of benzene rings is 2. The zero-order valence-corrected chi connectivity index (χ0v) is 13.8. The van der Waals surface area contributed by atoms with E-state index in [9.17, 15) is 4.39 Å². The summed E-state index contributed by atoms with van der Waals surface area (Å²) in [4.78, 5) is 7.58. The van der Waals surface area contributed by atoms with E-state index in [1.54, 1.807) is 24.5 Å². The van der Waals surface area contributed by atoms with Gasteiger partial charge in [0.25, 0.3) is 0 Å². The molecule has 3 nitrogen and oxygen atoms in total. The van der Waals surface area contributed by atoms with Crippen molar-refractivity contribution in [3.05, 3.63) is 95.7 Å². The van der Waals surface area contributed by atoms with Crippen molar-refractivity contribution in [2.75, 3.05) is 5.32 Å². The zero-order chi connectivity index (χ0) is 17.2. The van der Waals surface area contributed by atoms with Crippen LogP contribution in [-0.2, 0) is 0 Å². The molecule has 4 heteroatoms. The Morgan fingerprint density at radius 1 is 0.960 bits per heavy atom. The molecule has 0 bridgehead atoms. The van der Waals surface area contributed by atoms with Crippen LogP contribution in [0.1, 0.15) is 22.9 Å². The lowest BCUT2D eigenvalue weighted by atomic mass is 9.96. The summed E-state index contributed by atoms with van der Waals surface area (Å²) in [6, 6.07) is 18.7. The fourth-order valence-electron chi connectivity index (χ4n) is 3.26. The lowest BCUT2D eigenvalue weighted by molar-refractivity contribution is 0.628. The summed E-state index contributed by atoms with van der Waals surface area (Å²) in [6.45, 7) is 2.08. The molecule has 0 amide bonds. The van der Waals surface area contributed by atoms with Crippen molar-refractivity contribution < 1.29 is 4.39 Å². The van der Waals surface area contributed by atoms with Crippen LogP contribution in [-0.4, -0.2) is 9.97 Å². The van der Waals surface area contributed by atoms with Crippen LogP contribution < -0.4 is 5.32 Å². The summed E-state index contributed by atoms with van der Waals surface area (Å²) in [7, 11) is 0. The Kier molecular flexibility index (Phi) is 3.94. The molecule has 0 aliphatic carbocycles. The number of anilines is 1. The van der Waals surface area contributed by atoms with Gasteiger partial charge in [0.15, 0.2) is 0 Å². The molecule has 25 heavy (non-hydrogen) atoms. The van der Waals surface area contributed by atoms with Crippen molar-refractivity contribution in [3.8, 4) is 0 Å². The third-order valence-electron chi connectivity index (χ3n) is 4.43. The van der Waals surface area contributed by atoms with Crippen LogP contribution in [0.2, 0.25) is 0 Å². The largest absolute Gasteiger partial charge is 0.374 e. The van der Waals surface area contributed by atoms with Crippen molar-refractivity contribution in [2.45, 2.75) is 13.0 Å². The van der Waals surface area contributed by atoms with Crippen molar-refractivity contribution >= 4 is 16.6 Å². The number of pyridine rings is 1. The number of para-hydroxylation sites is 1. The quantitative estimate of drug-likeness (QED) is 0.539. The van der Waals surface area contributed by atoms with Gasteiger partial charge >= 0.3 is 0 Å². The van der Waals surface area contributed by atoms with Gasteiger partial charge in [-0.15, -0.1) is 0 Å². The fraction of sp³-hybridized carbons (Fsp3) is 0.0952. The van der Waals surface area contributed by atoms with E-state index in [-0.39, 0.29) is 11.9 Å². The highest BCUT2D eigenvalue weighted by Gasteiger charge is 2.20. The van der Waals surface area contributed by atoms with Gasteiger partial charge in [-0.05, 0) is 55.0 Å². The molecule has 2 N–H and O–H groups in total. The van der Waals surface area contributed by atoms with Crippen LogP contribution in [0.4, 0.5) is 10.1 Å². The Morgan fingerprint density at radius 2 is 1.68 bits per heavy atom. The van der Waals surface area contributed by atoms with E-state index in [0.717, 1.165) is 22.5 Å².